The first-order valence-electron chi connectivity index (χ1n) is 7.05. The van der Waals surface area contributed by atoms with E-state index >= 15 is 0 Å². The highest BCUT2D eigenvalue weighted by Crippen LogP contribution is 2.36. The normalized spacial score (nSPS) is 25.6. The number of carbonyl (C=O) groups is 1. The number of nitrogens with one attached hydrogen (secondary N) is 1. The maximum atomic E-state index is 12.6. The Bertz CT molecular complexity index is 475. The van der Waals surface area contributed by atoms with Crippen molar-refractivity contribution in [2.75, 3.05) is 13.1 Å². The molecule has 5 heteroatoms. The summed E-state index contributed by atoms with van der Waals surface area (Å²) < 4.78 is 0. The molecule has 3 nitrogen and oxygen atoms in total. The number of hydrogen-bond acceptors (Lipinski definition) is 2. The average molecular weight is 315 g/mol. The van der Waals surface area contributed by atoms with E-state index in [4.69, 9.17) is 11.6 Å². The summed E-state index contributed by atoms with van der Waals surface area (Å²) in [6.07, 6.45) is 4.14. The molecule has 2 heterocycles. The molecule has 1 N–H and O–H groups in total. The Morgan fingerprint density at radius 2 is 2.05 bits per heavy atom. The van der Waals surface area contributed by atoms with Gasteiger partial charge in [-0.2, -0.15) is 0 Å². The zero-order chi connectivity index (χ0) is 13.2. The van der Waals surface area contributed by atoms with E-state index in [1.54, 1.807) is 0 Å². The number of nitrogens with zero attached hydrogens (tertiary/aromatic N) is 1. The number of hydrogen-bond donors (Lipinski definition) is 1. The first kappa shape index (κ1) is 15.6. The highest BCUT2D eigenvalue weighted by molar-refractivity contribution is 6.31. The maximum absolute atomic E-state index is 12.6. The smallest absolute Gasteiger partial charge is 0.240 e. The second-order valence-electron chi connectivity index (χ2n) is 5.36. The topological polar surface area (TPSA) is 32.3 Å². The second kappa shape index (κ2) is 6.79. The monoisotopic (exact) mass is 314 g/mol. The number of rotatable bonds is 2. The first-order chi connectivity index (χ1) is 9.27. The Balaban J connectivity index is 0.00000147. The maximum Gasteiger partial charge on any atom is 0.240 e. The van der Waals surface area contributed by atoms with Crippen molar-refractivity contribution in [1.29, 1.82) is 0 Å². The highest BCUT2D eigenvalue weighted by atomic mass is 35.5. The molecule has 20 heavy (non-hydrogen) atoms. The molecule has 1 aromatic rings. The lowest BCUT2D eigenvalue weighted by Gasteiger charge is -2.28. The molecule has 2 fully saturated rings. The Labute approximate surface area is 131 Å². The van der Waals surface area contributed by atoms with Crippen LogP contribution >= 0.6 is 24.0 Å². The summed E-state index contributed by atoms with van der Waals surface area (Å²) in [4.78, 5) is 14.6. The van der Waals surface area contributed by atoms with Gasteiger partial charge in [0.1, 0.15) is 0 Å². The fourth-order valence-corrected chi connectivity index (χ4v) is 3.46. The zero-order valence-corrected chi connectivity index (χ0v) is 12.9. The molecule has 0 spiro atoms. The summed E-state index contributed by atoms with van der Waals surface area (Å²) in [5.74, 6) is 0.250. The van der Waals surface area contributed by atoms with E-state index in [9.17, 15) is 4.79 Å². The molecule has 2 aliphatic rings. The summed E-state index contributed by atoms with van der Waals surface area (Å²) in [6.45, 7) is 1.81. The van der Waals surface area contributed by atoms with Crippen LogP contribution in [0.4, 0.5) is 0 Å². The number of likely N-dealkylation sites (tertiary alicyclic amines) is 1. The number of carbonyl (C=O) groups excluding carboxylic acids is 1. The van der Waals surface area contributed by atoms with Gasteiger partial charge in [-0.25, -0.2) is 0 Å². The summed E-state index contributed by atoms with van der Waals surface area (Å²) in [6, 6.07) is 8.06. The van der Waals surface area contributed by atoms with Crippen LogP contribution in [0.3, 0.4) is 0 Å². The van der Waals surface area contributed by atoms with Crippen molar-refractivity contribution in [3.05, 3.63) is 34.9 Å². The van der Waals surface area contributed by atoms with Crippen molar-refractivity contribution in [2.45, 2.75) is 37.8 Å². The van der Waals surface area contributed by atoms with Crippen LogP contribution in [0.25, 0.3) is 0 Å². The lowest BCUT2D eigenvalue weighted by Crippen LogP contribution is -2.43. The molecule has 2 aliphatic heterocycles. The third-order valence-corrected chi connectivity index (χ3v) is 4.50. The van der Waals surface area contributed by atoms with Gasteiger partial charge in [-0.1, -0.05) is 29.8 Å². The number of halogens is 2. The molecule has 0 saturated carbocycles. The molecule has 1 amide bonds. The second-order valence-corrected chi connectivity index (χ2v) is 5.77. The van der Waals surface area contributed by atoms with E-state index < -0.39 is 0 Å². The van der Waals surface area contributed by atoms with E-state index in [1.807, 2.05) is 29.2 Å². The minimum atomic E-state index is 0. The molecule has 2 saturated heterocycles. The quantitative estimate of drug-likeness (QED) is 0.909. The first-order valence-corrected chi connectivity index (χ1v) is 7.43. The molecule has 3 rings (SSSR count). The zero-order valence-electron chi connectivity index (χ0n) is 11.3. The van der Waals surface area contributed by atoms with Gasteiger partial charge in [0, 0.05) is 11.6 Å². The Morgan fingerprint density at radius 1 is 1.25 bits per heavy atom. The fraction of sp³-hybridized carbons (Fsp3) is 0.533. The van der Waals surface area contributed by atoms with Gasteiger partial charge in [0.2, 0.25) is 5.91 Å². The van der Waals surface area contributed by atoms with Crippen molar-refractivity contribution in [1.82, 2.24) is 10.2 Å². The lowest BCUT2D eigenvalue weighted by molar-refractivity contribution is -0.134. The summed E-state index contributed by atoms with van der Waals surface area (Å²) in [5.41, 5.74) is 1.09. The van der Waals surface area contributed by atoms with Crippen LogP contribution in [0, 0.1) is 0 Å². The molecule has 0 bridgehead atoms. The minimum absolute atomic E-state index is 0. The molecule has 0 aliphatic carbocycles. The predicted octanol–water partition coefficient (Wildman–Crippen LogP) is 3.18. The van der Waals surface area contributed by atoms with Crippen LogP contribution < -0.4 is 5.32 Å². The van der Waals surface area contributed by atoms with Crippen LogP contribution in [-0.2, 0) is 4.79 Å². The van der Waals surface area contributed by atoms with E-state index in [2.05, 4.69) is 5.32 Å². The standard InChI is InChI=1S/C15H19ClN2O.ClH/c16-12-6-2-1-5-11(12)14-8-4-10-18(14)15(19)13-7-3-9-17-13;/h1-2,5-6,13-14,17H,3-4,7-10H2;1H. The van der Waals surface area contributed by atoms with E-state index in [0.29, 0.717) is 0 Å². The van der Waals surface area contributed by atoms with Crippen LogP contribution in [0.2, 0.25) is 5.02 Å². The summed E-state index contributed by atoms with van der Waals surface area (Å²) in [7, 11) is 0. The van der Waals surface area contributed by atoms with Crippen molar-refractivity contribution < 1.29 is 4.79 Å². The van der Waals surface area contributed by atoms with Gasteiger partial charge in [-0.3, -0.25) is 4.79 Å². The van der Waals surface area contributed by atoms with Crippen LogP contribution in [-0.4, -0.2) is 29.9 Å². The Kier molecular flexibility index (Phi) is 5.30. The summed E-state index contributed by atoms with van der Waals surface area (Å²) in [5, 5.41) is 4.07. The molecular formula is C15H20Cl2N2O. The van der Waals surface area contributed by atoms with Crippen molar-refractivity contribution in [3.63, 3.8) is 0 Å². The van der Waals surface area contributed by atoms with Crippen molar-refractivity contribution >= 4 is 29.9 Å². The van der Waals surface area contributed by atoms with Gasteiger partial charge in [-0.05, 0) is 43.9 Å². The molecule has 1 aromatic carbocycles. The lowest BCUT2D eigenvalue weighted by atomic mass is 10.0. The molecule has 110 valence electrons. The fourth-order valence-electron chi connectivity index (χ4n) is 3.19. The Hall–Kier alpha value is -0.770. The molecule has 2 atom stereocenters. The Morgan fingerprint density at radius 3 is 2.75 bits per heavy atom. The number of benzene rings is 1. The third kappa shape index (κ3) is 2.95. The van der Waals surface area contributed by atoms with Gasteiger partial charge in [0.25, 0.3) is 0 Å². The van der Waals surface area contributed by atoms with Crippen molar-refractivity contribution in [2.24, 2.45) is 0 Å². The van der Waals surface area contributed by atoms with Crippen LogP contribution in [0.15, 0.2) is 24.3 Å². The third-order valence-electron chi connectivity index (χ3n) is 4.16. The minimum Gasteiger partial charge on any atom is -0.334 e. The van der Waals surface area contributed by atoms with Gasteiger partial charge in [-0.15, -0.1) is 12.4 Å². The largest absolute Gasteiger partial charge is 0.334 e. The number of amides is 1. The van der Waals surface area contributed by atoms with E-state index in [-0.39, 0.29) is 30.4 Å². The molecular weight excluding hydrogens is 295 g/mol. The van der Waals surface area contributed by atoms with Gasteiger partial charge < -0.3 is 10.2 Å². The average Bonchev–Trinajstić information content (AvgIpc) is 3.10. The SMILES string of the molecule is Cl.O=C(C1CCCN1)N1CCCC1c1ccccc1Cl. The van der Waals surface area contributed by atoms with Crippen LogP contribution in [0.5, 0.6) is 0 Å². The van der Waals surface area contributed by atoms with Gasteiger partial charge >= 0.3 is 0 Å². The van der Waals surface area contributed by atoms with Gasteiger partial charge in [0.05, 0.1) is 12.1 Å². The molecule has 2 unspecified atom stereocenters. The molecule has 0 radical (unpaired) electrons. The van der Waals surface area contributed by atoms with Crippen LogP contribution in [0.1, 0.15) is 37.3 Å². The van der Waals surface area contributed by atoms with E-state index in [1.165, 1.54) is 0 Å². The molecule has 0 aromatic heterocycles. The van der Waals surface area contributed by atoms with Crippen molar-refractivity contribution in [3.8, 4) is 0 Å². The highest BCUT2D eigenvalue weighted by Gasteiger charge is 2.35. The summed E-state index contributed by atoms with van der Waals surface area (Å²) >= 11 is 6.28. The van der Waals surface area contributed by atoms with Gasteiger partial charge in [0.15, 0.2) is 0 Å². The predicted molar refractivity (Wildman–Crippen MR) is 83.4 cm³/mol. The van der Waals surface area contributed by atoms with E-state index in [0.717, 1.165) is 49.4 Å².